The Balaban J connectivity index is 1.75. The molecule has 2 rings (SSSR count). The summed E-state index contributed by atoms with van der Waals surface area (Å²) in [5.74, 6) is 1.41. The van der Waals surface area contributed by atoms with Gasteiger partial charge in [0.1, 0.15) is 10.5 Å². The van der Waals surface area contributed by atoms with Gasteiger partial charge in [0.05, 0.1) is 6.33 Å². The fraction of sp³-hybridized carbons (Fsp3) is 0.625. The molecule has 1 atom stereocenters. The molecule has 0 fully saturated rings. The van der Waals surface area contributed by atoms with Gasteiger partial charge in [0.25, 0.3) is 0 Å². The fourth-order valence-corrected chi connectivity index (χ4v) is 3.52. The van der Waals surface area contributed by atoms with Gasteiger partial charge in [0.2, 0.25) is 11.2 Å². The maximum atomic E-state index is 12.0. The maximum absolute atomic E-state index is 12.0. The first-order valence-electron chi connectivity index (χ1n) is 8.24. The molecule has 6 nitrogen and oxygen atoms in total. The minimum Gasteiger partial charge on any atom is -0.354 e. The van der Waals surface area contributed by atoms with Gasteiger partial charge in [0.15, 0.2) is 5.65 Å². The number of amides is 1. The molecule has 0 radical (unpaired) electrons. The minimum atomic E-state index is 0.0700. The zero-order valence-corrected chi connectivity index (χ0v) is 15.9. The SMILES string of the molecule is CC(C)CCCC(C)NC(=O)CCSc1nc(Cl)nc2nc[nH]c12. The van der Waals surface area contributed by atoms with Crippen molar-refractivity contribution in [2.75, 3.05) is 5.75 Å². The summed E-state index contributed by atoms with van der Waals surface area (Å²) < 4.78 is 0. The Morgan fingerprint density at radius 2 is 2.12 bits per heavy atom. The predicted octanol–water partition coefficient (Wildman–Crippen LogP) is 3.82. The number of aromatic nitrogens is 4. The Bertz CT molecular complexity index is 676. The number of nitrogens with one attached hydrogen (secondary N) is 2. The summed E-state index contributed by atoms with van der Waals surface area (Å²) in [5, 5.41) is 3.94. The van der Waals surface area contributed by atoms with Gasteiger partial charge in [0, 0.05) is 18.2 Å². The number of halogens is 1. The smallest absolute Gasteiger partial charge is 0.225 e. The van der Waals surface area contributed by atoms with Crippen LogP contribution in [-0.4, -0.2) is 37.6 Å². The number of nitrogens with zero attached hydrogens (tertiary/aromatic N) is 3. The van der Waals surface area contributed by atoms with Crippen molar-refractivity contribution < 1.29 is 4.79 Å². The van der Waals surface area contributed by atoms with Crippen molar-refractivity contribution in [3.8, 4) is 0 Å². The van der Waals surface area contributed by atoms with Gasteiger partial charge in [-0.3, -0.25) is 4.79 Å². The van der Waals surface area contributed by atoms with Crippen LogP contribution in [0.25, 0.3) is 11.2 Å². The normalized spacial score (nSPS) is 12.7. The number of carbonyl (C=O) groups is 1. The summed E-state index contributed by atoms with van der Waals surface area (Å²) in [7, 11) is 0. The molecule has 0 aliphatic heterocycles. The molecular formula is C16H24ClN5OS. The second kappa shape index (κ2) is 9.22. The number of hydrogen-bond donors (Lipinski definition) is 2. The molecule has 2 aromatic rings. The number of fused-ring (bicyclic) bond motifs is 1. The van der Waals surface area contributed by atoms with E-state index in [-0.39, 0.29) is 17.2 Å². The average molecular weight is 370 g/mol. The quantitative estimate of drug-likeness (QED) is 0.399. The average Bonchev–Trinajstić information content (AvgIpc) is 2.94. The molecule has 0 aliphatic rings. The van der Waals surface area contributed by atoms with E-state index in [1.807, 2.05) is 0 Å². The van der Waals surface area contributed by atoms with Crippen LogP contribution < -0.4 is 5.32 Å². The summed E-state index contributed by atoms with van der Waals surface area (Å²) in [6.45, 7) is 6.50. The zero-order chi connectivity index (χ0) is 17.5. The van der Waals surface area contributed by atoms with Crippen molar-refractivity contribution in [3.05, 3.63) is 11.6 Å². The van der Waals surface area contributed by atoms with E-state index in [1.165, 1.54) is 18.2 Å². The van der Waals surface area contributed by atoms with Gasteiger partial charge in [-0.15, -0.1) is 11.8 Å². The molecule has 2 N–H and O–H groups in total. The third kappa shape index (κ3) is 5.94. The van der Waals surface area contributed by atoms with Gasteiger partial charge in [-0.05, 0) is 30.9 Å². The second-order valence-corrected chi connectivity index (χ2v) is 7.71. The molecule has 0 spiro atoms. The Morgan fingerprint density at radius 1 is 1.33 bits per heavy atom. The Labute approximate surface area is 151 Å². The molecule has 0 aromatic carbocycles. The summed E-state index contributed by atoms with van der Waals surface area (Å²) in [6, 6.07) is 0.217. The van der Waals surface area contributed by atoms with Gasteiger partial charge in [-0.25, -0.2) is 9.97 Å². The highest BCUT2D eigenvalue weighted by Gasteiger charge is 2.12. The Hall–Kier alpha value is -1.34. The summed E-state index contributed by atoms with van der Waals surface area (Å²) in [5.41, 5.74) is 1.30. The van der Waals surface area contributed by atoms with Gasteiger partial charge >= 0.3 is 0 Å². The fourth-order valence-electron chi connectivity index (χ4n) is 2.38. The standard InChI is InChI=1S/C16H24ClN5OS/c1-10(2)5-4-6-11(3)20-12(23)7-8-24-15-13-14(19-9-18-13)21-16(17)22-15/h9-11H,4-8H2,1-3H3,(H,20,23)(H,18,19,21,22). The maximum Gasteiger partial charge on any atom is 0.225 e. The van der Waals surface area contributed by atoms with Crippen molar-refractivity contribution in [1.82, 2.24) is 25.3 Å². The van der Waals surface area contributed by atoms with Crippen molar-refractivity contribution in [1.29, 1.82) is 0 Å². The largest absolute Gasteiger partial charge is 0.354 e. The molecule has 0 bridgehead atoms. The zero-order valence-electron chi connectivity index (χ0n) is 14.3. The van der Waals surface area contributed by atoms with Crippen LogP contribution in [0.15, 0.2) is 11.4 Å². The predicted molar refractivity (Wildman–Crippen MR) is 98.3 cm³/mol. The molecule has 0 saturated heterocycles. The van der Waals surface area contributed by atoms with E-state index in [2.05, 4.69) is 46.0 Å². The summed E-state index contributed by atoms with van der Waals surface area (Å²) >= 11 is 7.37. The van der Waals surface area contributed by atoms with Crippen LogP contribution in [0.3, 0.4) is 0 Å². The monoisotopic (exact) mass is 369 g/mol. The molecular weight excluding hydrogens is 346 g/mol. The third-order valence-corrected chi connectivity index (χ3v) is 4.77. The molecule has 0 saturated carbocycles. The van der Waals surface area contributed by atoms with Crippen molar-refractivity contribution >= 4 is 40.4 Å². The molecule has 8 heteroatoms. The molecule has 1 amide bonds. The van der Waals surface area contributed by atoms with E-state index in [1.54, 1.807) is 6.33 Å². The van der Waals surface area contributed by atoms with Crippen LogP contribution >= 0.6 is 23.4 Å². The van der Waals surface area contributed by atoms with Crippen LogP contribution in [0.2, 0.25) is 5.28 Å². The van der Waals surface area contributed by atoms with Gasteiger partial charge < -0.3 is 10.3 Å². The molecule has 2 aromatic heterocycles. The highest BCUT2D eigenvalue weighted by Crippen LogP contribution is 2.24. The Kier molecular flexibility index (Phi) is 7.30. The molecule has 24 heavy (non-hydrogen) atoms. The van der Waals surface area contributed by atoms with E-state index in [0.717, 1.165) is 23.4 Å². The number of H-pyrrole nitrogens is 1. The van der Waals surface area contributed by atoms with E-state index in [0.29, 0.717) is 23.7 Å². The lowest BCUT2D eigenvalue weighted by molar-refractivity contribution is -0.121. The summed E-state index contributed by atoms with van der Waals surface area (Å²) in [4.78, 5) is 27.3. The number of imidazole rings is 1. The first-order chi connectivity index (χ1) is 11.5. The second-order valence-electron chi connectivity index (χ2n) is 6.29. The molecule has 0 aliphatic carbocycles. The Morgan fingerprint density at radius 3 is 2.88 bits per heavy atom. The van der Waals surface area contributed by atoms with E-state index in [9.17, 15) is 4.79 Å². The van der Waals surface area contributed by atoms with Crippen LogP contribution in [-0.2, 0) is 4.79 Å². The van der Waals surface area contributed by atoms with E-state index >= 15 is 0 Å². The van der Waals surface area contributed by atoms with Crippen molar-refractivity contribution in [2.24, 2.45) is 5.92 Å². The van der Waals surface area contributed by atoms with Crippen LogP contribution in [0.1, 0.15) is 46.5 Å². The molecule has 1 unspecified atom stereocenters. The highest BCUT2D eigenvalue weighted by molar-refractivity contribution is 7.99. The highest BCUT2D eigenvalue weighted by atomic mass is 35.5. The lowest BCUT2D eigenvalue weighted by atomic mass is 10.0. The van der Waals surface area contributed by atoms with E-state index < -0.39 is 0 Å². The van der Waals surface area contributed by atoms with Crippen molar-refractivity contribution in [2.45, 2.75) is 57.5 Å². The van der Waals surface area contributed by atoms with Crippen LogP contribution in [0.5, 0.6) is 0 Å². The molecule has 132 valence electrons. The first kappa shape index (κ1) is 19.0. The van der Waals surface area contributed by atoms with Gasteiger partial charge in [-0.2, -0.15) is 4.98 Å². The third-order valence-electron chi connectivity index (χ3n) is 3.62. The number of rotatable bonds is 9. The first-order valence-corrected chi connectivity index (χ1v) is 9.61. The van der Waals surface area contributed by atoms with Crippen LogP contribution in [0, 0.1) is 5.92 Å². The van der Waals surface area contributed by atoms with Crippen LogP contribution in [0.4, 0.5) is 0 Å². The van der Waals surface area contributed by atoms with Gasteiger partial charge in [-0.1, -0.05) is 26.7 Å². The molecule has 2 heterocycles. The number of carbonyl (C=O) groups excluding carboxylic acids is 1. The number of aromatic amines is 1. The topological polar surface area (TPSA) is 83.6 Å². The number of hydrogen-bond acceptors (Lipinski definition) is 5. The summed E-state index contributed by atoms with van der Waals surface area (Å²) in [6.07, 6.45) is 5.37. The lowest BCUT2D eigenvalue weighted by Gasteiger charge is -2.14. The van der Waals surface area contributed by atoms with E-state index in [4.69, 9.17) is 11.6 Å². The minimum absolute atomic E-state index is 0.0700. The number of thioether (sulfide) groups is 1. The lowest BCUT2D eigenvalue weighted by Crippen LogP contribution is -2.32. The van der Waals surface area contributed by atoms with Crippen molar-refractivity contribution in [3.63, 3.8) is 0 Å².